The van der Waals surface area contributed by atoms with Crippen molar-refractivity contribution in [3.05, 3.63) is 42.0 Å². The third kappa shape index (κ3) is 4.42. The molecule has 3 heterocycles. The number of piperazine rings is 1. The maximum atomic E-state index is 12.5. The molecule has 1 atom stereocenters. The molecule has 1 saturated heterocycles. The predicted molar refractivity (Wildman–Crippen MR) is 95.0 cm³/mol. The molecule has 1 unspecified atom stereocenters. The molecule has 1 aliphatic heterocycles. The van der Waals surface area contributed by atoms with Crippen LogP contribution in [0, 0.1) is 0 Å². The molecule has 2 aromatic heterocycles. The Bertz CT molecular complexity index is 701. The van der Waals surface area contributed by atoms with E-state index in [4.69, 9.17) is 4.74 Å². The van der Waals surface area contributed by atoms with Gasteiger partial charge in [-0.3, -0.25) is 9.58 Å². The number of aryl methyl sites for hydroxylation is 1. The van der Waals surface area contributed by atoms with Crippen LogP contribution < -0.4 is 0 Å². The van der Waals surface area contributed by atoms with Crippen LogP contribution in [0.3, 0.4) is 0 Å². The Morgan fingerprint density at radius 2 is 2.20 bits per heavy atom. The van der Waals surface area contributed by atoms with Crippen molar-refractivity contribution < 1.29 is 9.53 Å². The van der Waals surface area contributed by atoms with E-state index in [1.54, 1.807) is 9.58 Å². The average molecular weight is 345 g/mol. The maximum absolute atomic E-state index is 12.5. The average Bonchev–Trinajstić information content (AvgIpc) is 3.17. The van der Waals surface area contributed by atoms with E-state index in [1.165, 1.54) is 5.69 Å². The van der Waals surface area contributed by atoms with Crippen LogP contribution in [0.25, 0.3) is 0 Å². The summed E-state index contributed by atoms with van der Waals surface area (Å²) in [5, 5.41) is 4.30. The number of rotatable bonds is 3. The van der Waals surface area contributed by atoms with Gasteiger partial charge in [-0.2, -0.15) is 5.10 Å². The molecule has 7 heteroatoms. The zero-order valence-electron chi connectivity index (χ0n) is 15.4. The Kier molecular flexibility index (Phi) is 4.85. The third-order valence-electron chi connectivity index (χ3n) is 4.29. The highest BCUT2D eigenvalue weighted by Gasteiger charge is 2.33. The smallest absolute Gasteiger partial charge is 0.410 e. The first kappa shape index (κ1) is 17.5. The van der Waals surface area contributed by atoms with Crippen molar-refractivity contribution in [2.75, 3.05) is 19.6 Å². The highest BCUT2D eigenvalue weighted by Crippen LogP contribution is 2.27. The summed E-state index contributed by atoms with van der Waals surface area (Å²) in [5.74, 6) is 0. The molecule has 1 fully saturated rings. The molecule has 25 heavy (non-hydrogen) atoms. The molecule has 0 bridgehead atoms. The second kappa shape index (κ2) is 6.92. The van der Waals surface area contributed by atoms with Gasteiger partial charge in [-0.1, -0.05) is 0 Å². The fraction of sp³-hybridized carbons (Fsp3) is 0.556. The minimum Gasteiger partial charge on any atom is -0.444 e. The molecule has 2 aromatic rings. The van der Waals surface area contributed by atoms with Gasteiger partial charge >= 0.3 is 6.09 Å². The molecule has 1 N–H and O–H groups in total. The molecule has 3 rings (SSSR count). The lowest BCUT2D eigenvalue weighted by Gasteiger charge is -2.41. The summed E-state index contributed by atoms with van der Waals surface area (Å²) in [6.45, 7) is 8.54. The number of aromatic nitrogens is 3. The molecule has 0 aliphatic carbocycles. The van der Waals surface area contributed by atoms with Gasteiger partial charge in [-0.15, -0.1) is 0 Å². The van der Waals surface area contributed by atoms with Crippen LogP contribution in [0.5, 0.6) is 0 Å². The topological polar surface area (TPSA) is 66.4 Å². The van der Waals surface area contributed by atoms with Crippen molar-refractivity contribution in [2.24, 2.45) is 7.05 Å². The Morgan fingerprint density at radius 1 is 1.40 bits per heavy atom. The Balaban J connectivity index is 1.76. The molecule has 0 radical (unpaired) electrons. The van der Waals surface area contributed by atoms with Gasteiger partial charge in [0.05, 0.1) is 12.2 Å². The van der Waals surface area contributed by atoms with Crippen molar-refractivity contribution in [3.63, 3.8) is 0 Å². The van der Waals surface area contributed by atoms with Crippen LogP contribution in [-0.2, 0) is 18.3 Å². The molecule has 0 saturated carbocycles. The highest BCUT2D eigenvalue weighted by atomic mass is 16.6. The maximum Gasteiger partial charge on any atom is 0.410 e. The van der Waals surface area contributed by atoms with E-state index in [0.717, 1.165) is 18.7 Å². The molecular weight excluding hydrogens is 318 g/mol. The minimum absolute atomic E-state index is 0.0956. The molecule has 7 nitrogen and oxygen atoms in total. The van der Waals surface area contributed by atoms with Crippen molar-refractivity contribution >= 4 is 6.09 Å². The van der Waals surface area contributed by atoms with Gasteiger partial charge in [0, 0.05) is 56.9 Å². The first-order chi connectivity index (χ1) is 11.8. The number of aromatic amines is 1. The van der Waals surface area contributed by atoms with Crippen LogP contribution >= 0.6 is 0 Å². The van der Waals surface area contributed by atoms with E-state index >= 15 is 0 Å². The number of carbonyl (C=O) groups excluding carboxylic acids is 1. The predicted octanol–water partition coefficient (Wildman–Crippen LogP) is 2.54. The summed E-state index contributed by atoms with van der Waals surface area (Å²) in [5.41, 5.74) is 1.80. The number of carbonyl (C=O) groups is 1. The minimum atomic E-state index is -0.484. The van der Waals surface area contributed by atoms with Crippen molar-refractivity contribution in [1.29, 1.82) is 0 Å². The zero-order valence-corrected chi connectivity index (χ0v) is 15.4. The van der Waals surface area contributed by atoms with Gasteiger partial charge in [0.2, 0.25) is 0 Å². The van der Waals surface area contributed by atoms with Gasteiger partial charge in [0.15, 0.2) is 0 Å². The van der Waals surface area contributed by atoms with Crippen LogP contribution in [0.1, 0.15) is 38.1 Å². The zero-order chi connectivity index (χ0) is 18.0. The molecule has 0 spiro atoms. The summed E-state index contributed by atoms with van der Waals surface area (Å²) >= 11 is 0. The standard InChI is InChI=1S/C18H27N5O2/c1-18(2,3)25-17(24)23-9-8-22(12-15-6-5-7-19-15)16(13-23)14-10-20-21(4)11-14/h5-7,10-11,16,19H,8-9,12-13H2,1-4H3. The summed E-state index contributed by atoms with van der Waals surface area (Å²) in [6.07, 6.45) is 5.59. The number of ether oxygens (including phenoxy) is 1. The fourth-order valence-corrected chi connectivity index (χ4v) is 3.12. The summed E-state index contributed by atoms with van der Waals surface area (Å²) in [4.78, 5) is 19.9. The van der Waals surface area contributed by atoms with Gasteiger partial charge in [-0.05, 0) is 32.9 Å². The Hall–Kier alpha value is -2.28. The van der Waals surface area contributed by atoms with Gasteiger partial charge in [-0.25, -0.2) is 4.79 Å². The quantitative estimate of drug-likeness (QED) is 0.928. The molecule has 136 valence electrons. The van der Waals surface area contributed by atoms with E-state index in [1.807, 2.05) is 52.5 Å². The summed E-state index contributed by atoms with van der Waals surface area (Å²) in [6, 6.07) is 4.18. The van der Waals surface area contributed by atoms with Gasteiger partial charge in [0.25, 0.3) is 0 Å². The van der Waals surface area contributed by atoms with E-state index < -0.39 is 5.60 Å². The number of hydrogen-bond donors (Lipinski definition) is 1. The summed E-state index contributed by atoms with van der Waals surface area (Å²) in [7, 11) is 1.91. The molecule has 1 aliphatic rings. The van der Waals surface area contributed by atoms with E-state index in [0.29, 0.717) is 13.1 Å². The van der Waals surface area contributed by atoms with Crippen LogP contribution in [0.4, 0.5) is 4.79 Å². The third-order valence-corrected chi connectivity index (χ3v) is 4.29. The van der Waals surface area contributed by atoms with Crippen LogP contribution in [-0.4, -0.2) is 55.9 Å². The normalized spacial score (nSPS) is 19.2. The van der Waals surface area contributed by atoms with Crippen molar-refractivity contribution in [2.45, 2.75) is 39.0 Å². The van der Waals surface area contributed by atoms with E-state index in [9.17, 15) is 4.79 Å². The molecule has 0 aromatic carbocycles. The van der Waals surface area contributed by atoms with Crippen molar-refractivity contribution in [1.82, 2.24) is 24.6 Å². The first-order valence-corrected chi connectivity index (χ1v) is 8.64. The lowest BCUT2D eigenvalue weighted by Crippen LogP contribution is -2.51. The number of nitrogens with one attached hydrogen (secondary N) is 1. The highest BCUT2D eigenvalue weighted by molar-refractivity contribution is 5.68. The van der Waals surface area contributed by atoms with Gasteiger partial charge in [0.1, 0.15) is 5.60 Å². The monoisotopic (exact) mass is 345 g/mol. The van der Waals surface area contributed by atoms with Crippen LogP contribution in [0.2, 0.25) is 0 Å². The second-order valence-electron chi connectivity index (χ2n) is 7.56. The number of nitrogens with zero attached hydrogens (tertiary/aromatic N) is 4. The Labute approximate surface area is 148 Å². The fourth-order valence-electron chi connectivity index (χ4n) is 3.12. The van der Waals surface area contributed by atoms with Gasteiger partial charge < -0.3 is 14.6 Å². The lowest BCUT2D eigenvalue weighted by atomic mass is 10.1. The van der Waals surface area contributed by atoms with E-state index in [-0.39, 0.29) is 12.1 Å². The van der Waals surface area contributed by atoms with Crippen LogP contribution in [0.15, 0.2) is 30.7 Å². The lowest BCUT2D eigenvalue weighted by molar-refractivity contribution is 0.00187. The number of hydrogen-bond acceptors (Lipinski definition) is 4. The molecule has 1 amide bonds. The first-order valence-electron chi connectivity index (χ1n) is 8.64. The number of H-pyrrole nitrogens is 1. The van der Waals surface area contributed by atoms with Crippen molar-refractivity contribution in [3.8, 4) is 0 Å². The molecular formula is C18H27N5O2. The summed E-state index contributed by atoms with van der Waals surface area (Å²) < 4.78 is 7.35. The largest absolute Gasteiger partial charge is 0.444 e. The second-order valence-corrected chi connectivity index (χ2v) is 7.56. The Morgan fingerprint density at radius 3 is 2.80 bits per heavy atom. The SMILES string of the molecule is Cn1cc(C2CN(C(=O)OC(C)(C)C)CCN2Cc2ccc[nH]2)cn1. The number of amides is 1. The van der Waals surface area contributed by atoms with E-state index in [2.05, 4.69) is 21.0 Å².